The number of carbonyl (C=O) groups is 1. The van der Waals surface area contributed by atoms with Gasteiger partial charge >= 0.3 is 5.97 Å². The zero-order valence-corrected chi connectivity index (χ0v) is 9.82. The van der Waals surface area contributed by atoms with Crippen molar-refractivity contribution in [2.24, 2.45) is 0 Å². The molecule has 0 aliphatic rings. The Morgan fingerprint density at radius 2 is 2.12 bits per heavy atom. The number of rotatable bonds is 4. The van der Waals surface area contributed by atoms with Crippen LogP contribution in [-0.2, 0) is 4.79 Å². The van der Waals surface area contributed by atoms with Crippen molar-refractivity contribution >= 4 is 12.0 Å². The van der Waals surface area contributed by atoms with Gasteiger partial charge in [-0.15, -0.1) is 0 Å². The zero-order valence-electron chi connectivity index (χ0n) is 9.82. The van der Waals surface area contributed by atoms with Crippen LogP contribution >= 0.6 is 0 Å². The maximum Gasteiger partial charge on any atom is 0.308 e. The topological polar surface area (TPSA) is 35.5 Å². The summed E-state index contributed by atoms with van der Waals surface area (Å²) < 4.78 is 10.2. The highest BCUT2D eigenvalue weighted by Crippen LogP contribution is 2.28. The summed E-state index contributed by atoms with van der Waals surface area (Å²) in [5.74, 6) is 0.659. The number of hydrogen-bond acceptors (Lipinski definition) is 3. The van der Waals surface area contributed by atoms with Gasteiger partial charge in [-0.25, -0.2) is 0 Å². The van der Waals surface area contributed by atoms with Crippen LogP contribution in [0.3, 0.4) is 0 Å². The molecule has 0 aromatic heterocycles. The maximum atomic E-state index is 10.8. The number of hydrogen-bond donors (Lipinski definition) is 0. The molecule has 0 heterocycles. The van der Waals surface area contributed by atoms with Crippen LogP contribution < -0.4 is 9.47 Å². The second-order valence-corrected chi connectivity index (χ2v) is 3.31. The highest BCUT2D eigenvalue weighted by atomic mass is 16.6. The summed E-state index contributed by atoms with van der Waals surface area (Å²) >= 11 is 0. The van der Waals surface area contributed by atoms with Crippen LogP contribution in [0.15, 0.2) is 24.3 Å². The van der Waals surface area contributed by atoms with Gasteiger partial charge in [0.2, 0.25) is 0 Å². The van der Waals surface area contributed by atoms with Gasteiger partial charge in [-0.1, -0.05) is 25.1 Å². The third-order valence-electron chi connectivity index (χ3n) is 1.99. The smallest absolute Gasteiger partial charge is 0.308 e. The molecular weight excluding hydrogens is 204 g/mol. The van der Waals surface area contributed by atoms with Gasteiger partial charge < -0.3 is 9.47 Å². The molecule has 0 radical (unpaired) electrons. The van der Waals surface area contributed by atoms with Crippen LogP contribution in [0.1, 0.15) is 25.8 Å². The minimum absolute atomic E-state index is 0.352. The molecule has 0 amide bonds. The Morgan fingerprint density at radius 1 is 1.38 bits per heavy atom. The molecule has 1 aromatic rings. The van der Waals surface area contributed by atoms with Gasteiger partial charge in [0.15, 0.2) is 11.5 Å². The summed E-state index contributed by atoms with van der Waals surface area (Å²) in [7, 11) is 1.55. The van der Waals surface area contributed by atoms with Crippen molar-refractivity contribution in [2.75, 3.05) is 7.11 Å². The molecule has 1 aromatic carbocycles. The molecule has 0 N–H and O–H groups in total. The fourth-order valence-electron chi connectivity index (χ4n) is 1.28. The van der Waals surface area contributed by atoms with E-state index in [0.29, 0.717) is 11.5 Å². The van der Waals surface area contributed by atoms with Crippen molar-refractivity contribution in [1.82, 2.24) is 0 Å². The van der Waals surface area contributed by atoms with E-state index in [9.17, 15) is 4.79 Å². The van der Waals surface area contributed by atoms with Gasteiger partial charge in [-0.3, -0.25) is 4.79 Å². The van der Waals surface area contributed by atoms with Crippen LogP contribution in [-0.4, -0.2) is 13.1 Å². The minimum Gasteiger partial charge on any atom is -0.493 e. The highest BCUT2D eigenvalue weighted by Gasteiger charge is 2.06. The average molecular weight is 220 g/mol. The number of benzene rings is 1. The predicted octanol–water partition coefficient (Wildman–Crippen LogP) is 3.04. The summed E-state index contributed by atoms with van der Waals surface area (Å²) in [6, 6.07) is 5.45. The number of carbonyl (C=O) groups excluding carboxylic acids is 1. The van der Waals surface area contributed by atoms with E-state index in [1.54, 1.807) is 13.2 Å². The summed E-state index contributed by atoms with van der Waals surface area (Å²) in [5.41, 5.74) is 1.02. The number of ether oxygens (including phenoxy) is 2. The predicted molar refractivity (Wildman–Crippen MR) is 63.6 cm³/mol. The molecule has 86 valence electrons. The molecule has 0 saturated carbocycles. The van der Waals surface area contributed by atoms with Crippen LogP contribution in [0.5, 0.6) is 11.5 Å². The van der Waals surface area contributed by atoms with E-state index >= 15 is 0 Å². The summed E-state index contributed by atoms with van der Waals surface area (Å²) in [6.45, 7) is 3.44. The van der Waals surface area contributed by atoms with Crippen molar-refractivity contribution in [3.63, 3.8) is 0 Å². The van der Waals surface area contributed by atoms with Gasteiger partial charge in [-0.2, -0.15) is 0 Å². The number of esters is 1. The Balaban J connectivity index is 2.96. The van der Waals surface area contributed by atoms with Crippen molar-refractivity contribution in [3.8, 4) is 11.5 Å². The summed E-state index contributed by atoms with van der Waals surface area (Å²) in [5, 5.41) is 0. The van der Waals surface area contributed by atoms with Crippen molar-refractivity contribution in [3.05, 3.63) is 29.8 Å². The van der Waals surface area contributed by atoms with E-state index in [1.807, 2.05) is 18.2 Å². The first-order chi connectivity index (χ1) is 7.67. The molecule has 3 nitrogen and oxygen atoms in total. The molecule has 0 fully saturated rings. The Bertz CT molecular complexity index is 394. The van der Waals surface area contributed by atoms with E-state index in [1.165, 1.54) is 6.92 Å². The van der Waals surface area contributed by atoms with Crippen LogP contribution in [0.4, 0.5) is 0 Å². The van der Waals surface area contributed by atoms with E-state index in [2.05, 4.69) is 13.0 Å². The first-order valence-corrected chi connectivity index (χ1v) is 5.20. The first kappa shape index (κ1) is 12.3. The van der Waals surface area contributed by atoms with E-state index in [0.717, 1.165) is 12.0 Å². The lowest BCUT2D eigenvalue weighted by Gasteiger charge is -2.08. The molecule has 0 bridgehead atoms. The van der Waals surface area contributed by atoms with Gasteiger partial charge in [0, 0.05) is 6.92 Å². The van der Waals surface area contributed by atoms with Crippen molar-refractivity contribution in [2.45, 2.75) is 20.3 Å². The summed E-state index contributed by atoms with van der Waals surface area (Å²) in [4.78, 5) is 10.8. The molecule has 0 aliphatic heterocycles. The Labute approximate surface area is 95.7 Å². The molecule has 1 rings (SSSR count). The lowest BCUT2D eigenvalue weighted by atomic mass is 10.2. The second kappa shape index (κ2) is 5.95. The summed E-state index contributed by atoms with van der Waals surface area (Å²) in [6.07, 6.45) is 5.04. The van der Waals surface area contributed by atoms with Gasteiger partial charge in [0.25, 0.3) is 0 Å². The van der Waals surface area contributed by atoms with Gasteiger partial charge in [0.05, 0.1) is 7.11 Å². The van der Waals surface area contributed by atoms with Crippen LogP contribution in [0, 0.1) is 0 Å². The normalized spacial score (nSPS) is 10.4. The SMILES string of the molecule is CC/C=C/c1ccc(OC(C)=O)c(OC)c1. The van der Waals surface area contributed by atoms with E-state index in [4.69, 9.17) is 9.47 Å². The Kier molecular flexibility index (Phi) is 4.58. The molecule has 0 unspecified atom stereocenters. The monoisotopic (exact) mass is 220 g/mol. The molecule has 0 spiro atoms. The zero-order chi connectivity index (χ0) is 12.0. The molecule has 0 saturated heterocycles. The molecule has 16 heavy (non-hydrogen) atoms. The lowest BCUT2D eigenvalue weighted by Crippen LogP contribution is -2.02. The van der Waals surface area contributed by atoms with Crippen molar-refractivity contribution in [1.29, 1.82) is 0 Å². The quantitative estimate of drug-likeness (QED) is 0.578. The van der Waals surface area contributed by atoms with Gasteiger partial charge in [0.1, 0.15) is 0 Å². The maximum absolute atomic E-state index is 10.8. The molecule has 3 heteroatoms. The minimum atomic E-state index is -0.352. The number of allylic oxidation sites excluding steroid dienone is 1. The standard InChI is InChI=1S/C13H16O3/c1-4-5-6-11-7-8-12(16-10(2)14)13(9-11)15-3/h5-9H,4H2,1-3H3/b6-5+. The third kappa shape index (κ3) is 3.42. The first-order valence-electron chi connectivity index (χ1n) is 5.20. The number of methoxy groups -OCH3 is 1. The Hall–Kier alpha value is -1.77. The van der Waals surface area contributed by atoms with Gasteiger partial charge in [-0.05, 0) is 24.1 Å². The van der Waals surface area contributed by atoms with Crippen LogP contribution in [0.2, 0.25) is 0 Å². The lowest BCUT2D eigenvalue weighted by molar-refractivity contribution is -0.132. The molecule has 0 atom stereocenters. The fourth-order valence-corrected chi connectivity index (χ4v) is 1.28. The van der Waals surface area contributed by atoms with E-state index < -0.39 is 0 Å². The molecular formula is C13H16O3. The van der Waals surface area contributed by atoms with Crippen molar-refractivity contribution < 1.29 is 14.3 Å². The average Bonchev–Trinajstić information content (AvgIpc) is 2.27. The second-order valence-electron chi connectivity index (χ2n) is 3.31. The third-order valence-corrected chi connectivity index (χ3v) is 1.99. The Morgan fingerprint density at radius 3 is 2.69 bits per heavy atom. The molecule has 0 aliphatic carbocycles. The highest BCUT2D eigenvalue weighted by molar-refractivity contribution is 5.71. The van der Waals surface area contributed by atoms with E-state index in [-0.39, 0.29) is 5.97 Å². The largest absolute Gasteiger partial charge is 0.493 e. The fraction of sp³-hybridized carbons (Fsp3) is 0.308. The van der Waals surface area contributed by atoms with Crippen LogP contribution in [0.25, 0.3) is 6.08 Å².